The first-order valence-corrected chi connectivity index (χ1v) is 3.58. The Morgan fingerprint density at radius 1 is 1.47 bits per heavy atom. The van der Waals surface area contributed by atoms with Crippen molar-refractivity contribution in [3.63, 3.8) is 0 Å². The zero-order valence-electron chi connectivity index (χ0n) is 7.80. The molecule has 0 spiro atoms. The van der Waals surface area contributed by atoms with Crippen LogP contribution in [0.25, 0.3) is 0 Å². The van der Waals surface area contributed by atoms with Crippen LogP contribution in [0.15, 0.2) is 0 Å². The van der Waals surface area contributed by atoms with Gasteiger partial charge in [0, 0.05) is 6.54 Å². The molecule has 0 saturated carbocycles. The summed E-state index contributed by atoms with van der Waals surface area (Å²) in [5.41, 5.74) is 4.64. The second-order valence-corrected chi connectivity index (χ2v) is 2.07. The lowest BCUT2D eigenvalue weighted by Crippen LogP contribution is -2.21. The average Bonchev–Trinajstić information content (AvgIpc) is 2.03. The number of halogens is 3. The van der Waals surface area contributed by atoms with Crippen LogP contribution in [0.1, 0.15) is 0 Å². The molecule has 0 radical (unpaired) electrons. The van der Waals surface area contributed by atoms with E-state index < -0.39 is 18.2 Å². The van der Waals surface area contributed by atoms with Crippen LogP contribution < -0.4 is 11.1 Å². The van der Waals surface area contributed by atoms with E-state index in [1.165, 1.54) is 0 Å². The minimum absolute atomic E-state index is 0.339. The smallest absolute Gasteiger partial charge is 0.475 e. The van der Waals surface area contributed by atoms with Gasteiger partial charge in [0.1, 0.15) is 6.61 Å². The van der Waals surface area contributed by atoms with Crippen LogP contribution in [0.2, 0.25) is 0 Å². The van der Waals surface area contributed by atoms with Crippen molar-refractivity contribution in [3.8, 4) is 0 Å². The van der Waals surface area contributed by atoms with Gasteiger partial charge in [-0.05, 0) is 7.05 Å². The molecule has 0 atom stereocenters. The van der Waals surface area contributed by atoms with Crippen molar-refractivity contribution >= 4 is 12.1 Å². The lowest BCUT2D eigenvalue weighted by molar-refractivity contribution is -0.192. The summed E-state index contributed by atoms with van der Waals surface area (Å²) in [5, 5.41) is 9.92. The zero-order valence-corrected chi connectivity index (χ0v) is 7.80. The molecule has 6 nitrogen and oxygen atoms in total. The van der Waals surface area contributed by atoms with Crippen LogP contribution in [0.5, 0.6) is 0 Å². The highest BCUT2D eigenvalue weighted by atomic mass is 19.4. The van der Waals surface area contributed by atoms with Gasteiger partial charge in [0.05, 0.1) is 0 Å². The molecule has 0 saturated heterocycles. The molecule has 1 amide bonds. The van der Waals surface area contributed by atoms with E-state index in [1.54, 1.807) is 7.05 Å². The maximum absolute atomic E-state index is 10.6. The van der Waals surface area contributed by atoms with E-state index in [0.717, 1.165) is 0 Å². The molecule has 0 aliphatic rings. The number of amides is 1. The summed E-state index contributed by atoms with van der Waals surface area (Å²) in [7, 11) is 1.77. The molecule has 0 rings (SSSR count). The highest BCUT2D eigenvalue weighted by molar-refractivity contribution is 5.73. The number of primary amides is 1. The lowest BCUT2D eigenvalue weighted by atomic mass is 10.7. The zero-order chi connectivity index (χ0) is 12.5. The third kappa shape index (κ3) is 15.3. The van der Waals surface area contributed by atoms with Crippen molar-refractivity contribution in [2.75, 3.05) is 20.2 Å². The van der Waals surface area contributed by atoms with Gasteiger partial charge < -0.3 is 20.9 Å². The minimum atomic E-state index is -5.08. The van der Waals surface area contributed by atoms with E-state index in [9.17, 15) is 18.0 Å². The molecular weight excluding hydrogens is 221 g/mol. The van der Waals surface area contributed by atoms with Crippen LogP contribution in [0.3, 0.4) is 0 Å². The largest absolute Gasteiger partial charge is 0.490 e. The standard InChI is InChI=1S/C4H10N2O2.C2HF3O2/c1-6-2-3-8-4(5)7;3-2(4,5)1(6)7/h6H,2-3H2,1H3,(H2,5,7);(H,6,7). The van der Waals surface area contributed by atoms with Gasteiger partial charge in [-0.15, -0.1) is 0 Å². The summed E-state index contributed by atoms with van der Waals surface area (Å²) in [6.45, 7) is 0.981. The molecule has 0 aliphatic heterocycles. The number of carbonyl (C=O) groups excluding carboxylic acids is 1. The highest BCUT2D eigenvalue weighted by Gasteiger charge is 2.38. The number of nitrogens with two attached hydrogens (primary N) is 1. The summed E-state index contributed by atoms with van der Waals surface area (Å²) in [6, 6.07) is 0. The third-order valence-electron chi connectivity index (χ3n) is 0.839. The molecule has 0 bridgehead atoms. The van der Waals surface area contributed by atoms with Gasteiger partial charge in [-0.25, -0.2) is 9.59 Å². The lowest BCUT2D eigenvalue weighted by Gasteiger charge is -1.97. The van der Waals surface area contributed by atoms with Crippen molar-refractivity contribution in [1.82, 2.24) is 5.32 Å². The predicted molar refractivity (Wildman–Crippen MR) is 43.2 cm³/mol. The molecule has 0 aromatic rings. The first-order valence-electron chi connectivity index (χ1n) is 3.58. The summed E-state index contributed by atoms with van der Waals surface area (Å²) in [6.07, 6.45) is -5.81. The SMILES string of the molecule is CNCCOC(N)=O.O=C(O)C(F)(F)F. The number of alkyl halides is 3. The number of aliphatic carboxylic acids is 1. The molecule has 9 heteroatoms. The first-order chi connectivity index (χ1) is 6.71. The number of hydrogen-bond acceptors (Lipinski definition) is 4. The number of carboxylic acid groups (broad SMARTS) is 1. The van der Waals surface area contributed by atoms with Crippen molar-refractivity contribution < 1.29 is 32.6 Å². The summed E-state index contributed by atoms with van der Waals surface area (Å²) in [5.74, 6) is -2.76. The minimum Gasteiger partial charge on any atom is -0.475 e. The van der Waals surface area contributed by atoms with Gasteiger partial charge in [-0.2, -0.15) is 13.2 Å². The quantitative estimate of drug-likeness (QED) is 0.591. The van der Waals surface area contributed by atoms with Crippen LogP contribution in [0, 0.1) is 0 Å². The summed E-state index contributed by atoms with van der Waals surface area (Å²) < 4.78 is 36.1. The molecule has 15 heavy (non-hydrogen) atoms. The Bertz CT molecular complexity index is 207. The fraction of sp³-hybridized carbons (Fsp3) is 0.667. The summed E-state index contributed by atoms with van der Waals surface area (Å²) >= 11 is 0. The molecule has 0 unspecified atom stereocenters. The fourth-order valence-electron chi connectivity index (χ4n) is 0.254. The predicted octanol–water partition coefficient (Wildman–Crippen LogP) is -0.0656. The third-order valence-corrected chi connectivity index (χ3v) is 0.839. The van der Waals surface area contributed by atoms with Gasteiger partial charge in [-0.1, -0.05) is 0 Å². The maximum atomic E-state index is 10.6. The Morgan fingerprint density at radius 3 is 2.07 bits per heavy atom. The number of likely N-dealkylation sites (N-methyl/N-ethyl adjacent to an activating group) is 1. The van der Waals surface area contributed by atoms with Gasteiger partial charge >= 0.3 is 18.2 Å². The van der Waals surface area contributed by atoms with Crippen molar-refractivity contribution in [1.29, 1.82) is 0 Å². The Kier molecular flexibility index (Phi) is 8.35. The second-order valence-electron chi connectivity index (χ2n) is 2.07. The number of carboxylic acids is 1. The number of carbonyl (C=O) groups is 2. The number of hydrogen-bond donors (Lipinski definition) is 3. The van der Waals surface area contributed by atoms with E-state index in [-0.39, 0.29) is 0 Å². The van der Waals surface area contributed by atoms with E-state index in [0.29, 0.717) is 13.2 Å². The molecule has 4 N–H and O–H groups in total. The average molecular weight is 232 g/mol. The van der Waals surface area contributed by atoms with E-state index >= 15 is 0 Å². The van der Waals surface area contributed by atoms with Gasteiger partial charge in [-0.3, -0.25) is 0 Å². The van der Waals surface area contributed by atoms with Gasteiger partial charge in [0.2, 0.25) is 0 Å². The maximum Gasteiger partial charge on any atom is 0.490 e. The number of ether oxygens (including phenoxy) is 1. The van der Waals surface area contributed by atoms with E-state index in [2.05, 4.69) is 15.8 Å². The molecule has 0 aromatic heterocycles. The normalized spacial score (nSPS) is 9.87. The Labute approximate surface area is 83.2 Å². The van der Waals surface area contributed by atoms with Crippen LogP contribution in [0.4, 0.5) is 18.0 Å². The molecule has 0 heterocycles. The van der Waals surface area contributed by atoms with E-state index in [4.69, 9.17) is 9.90 Å². The molecule has 0 aromatic carbocycles. The Hall–Kier alpha value is -1.51. The topological polar surface area (TPSA) is 102 Å². The Balaban J connectivity index is 0. The van der Waals surface area contributed by atoms with Crippen molar-refractivity contribution in [3.05, 3.63) is 0 Å². The van der Waals surface area contributed by atoms with E-state index in [1.807, 2.05) is 0 Å². The van der Waals surface area contributed by atoms with Crippen molar-refractivity contribution in [2.24, 2.45) is 5.73 Å². The molecule has 0 aliphatic carbocycles. The first kappa shape index (κ1) is 15.9. The van der Waals surface area contributed by atoms with Crippen LogP contribution in [-0.2, 0) is 9.53 Å². The van der Waals surface area contributed by atoms with Crippen molar-refractivity contribution in [2.45, 2.75) is 6.18 Å². The van der Waals surface area contributed by atoms with Gasteiger partial charge in [0.15, 0.2) is 0 Å². The number of nitrogens with one attached hydrogen (secondary N) is 1. The second kappa shape index (κ2) is 7.85. The number of rotatable bonds is 3. The van der Waals surface area contributed by atoms with Gasteiger partial charge in [0.25, 0.3) is 0 Å². The fourth-order valence-corrected chi connectivity index (χ4v) is 0.254. The highest BCUT2D eigenvalue weighted by Crippen LogP contribution is 2.13. The molecule has 90 valence electrons. The van der Waals surface area contributed by atoms with Crippen LogP contribution >= 0.6 is 0 Å². The van der Waals surface area contributed by atoms with Crippen LogP contribution in [-0.4, -0.2) is 43.5 Å². The monoisotopic (exact) mass is 232 g/mol. The molecule has 0 fully saturated rings. The summed E-state index contributed by atoms with van der Waals surface area (Å²) in [4.78, 5) is 18.7. The Morgan fingerprint density at radius 2 is 1.87 bits per heavy atom. The molecular formula is C6H11F3N2O4.